The maximum Gasteiger partial charge on any atom is 0.0412 e. The lowest BCUT2D eigenvalue weighted by Gasteiger charge is -2.16. The molecule has 1 heterocycles. The minimum atomic E-state index is 0.773. The summed E-state index contributed by atoms with van der Waals surface area (Å²) in [5.74, 6) is 0.773. The third-order valence-corrected chi connectivity index (χ3v) is 5.36. The molecule has 1 aromatic carbocycles. The Balaban J connectivity index is -0.000000401. The third-order valence-electron chi connectivity index (χ3n) is 5.36. The normalized spacial score (nSPS) is 12.4. The largest absolute Gasteiger partial charge is 0.386 e. The van der Waals surface area contributed by atoms with Crippen LogP contribution in [-0.4, -0.2) is 6.54 Å². The summed E-state index contributed by atoms with van der Waals surface area (Å²) in [5.41, 5.74) is 7.00. The summed E-state index contributed by atoms with van der Waals surface area (Å²) in [7, 11) is 0. The van der Waals surface area contributed by atoms with E-state index in [4.69, 9.17) is 0 Å². The second kappa shape index (κ2) is 26.0. The van der Waals surface area contributed by atoms with Gasteiger partial charge in [-0.1, -0.05) is 87.2 Å². The third kappa shape index (κ3) is 21.3. The Labute approximate surface area is 208 Å². The van der Waals surface area contributed by atoms with E-state index in [1.54, 1.807) is 0 Å². The van der Waals surface area contributed by atoms with E-state index in [1.165, 1.54) is 53.5 Å². The molecule has 1 heteroatoms. The highest BCUT2D eigenvalue weighted by atomic mass is 14.9. The van der Waals surface area contributed by atoms with Crippen molar-refractivity contribution in [2.75, 3.05) is 6.54 Å². The Morgan fingerprint density at radius 2 is 1.61 bits per heavy atom. The number of hydrogen-bond donors (Lipinski definition) is 1. The second-order valence-electron chi connectivity index (χ2n) is 8.16. The van der Waals surface area contributed by atoms with E-state index in [2.05, 4.69) is 103 Å². The van der Waals surface area contributed by atoms with Crippen molar-refractivity contribution in [3.05, 3.63) is 96.3 Å². The molecule has 0 saturated carbocycles. The summed E-state index contributed by atoms with van der Waals surface area (Å²) in [6.45, 7) is 29.8. The van der Waals surface area contributed by atoms with Crippen LogP contribution < -0.4 is 5.32 Å². The summed E-state index contributed by atoms with van der Waals surface area (Å²) in [6.07, 6.45) is 14.6. The van der Waals surface area contributed by atoms with Crippen LogP contribution in [0.2, 0.25) is 0 Å². The van der Waals surface area contributed by atoms with Crippen LogP contribution in [0.3, 0.4) is 0 Å². The Bertz CT molecular complexity index is 665. The second-order valence-corrected chi connectivity index (χ2v) is 8.16. The fourth-order valence-corrected chi connectivity index (χ4v) is 2.62. The summed E-state index contributed by atoms with van der Waals surface area (Å²) >= 11 is 0. The molecule has 0 spiro atoms. The molecule has 1 N–H and O–H groups in total. The minimum Gasteiger partial charge on any atom is -0.386 e. The molecule has 0 bridgehead atoms. The highest BCUT2D eigenvalue weighted by molar-refractivity contribution is 5.34. The van der Waals surface area contributed by atoms with Gasteiger partial charge in [0, 0.05) is 12.7 Å². The van der Waals surface area contributed by atoms with Crippen LogP contribution in [0.25, 0.3) is 0 Å². The zero-order valence-corrected chi connectivity index (χ0v) is 23.6. The first-order valence-corrected chi connectivity index (χ1v) is 12.6. The monoisotopic (exact) mass is 453 g/mol. The maximum atomic E-state index is 3.67. The van der Waals surface area contributed by atoms with Gasteiger partial charge in [0.05, 0.1) is 0 Å². The number of rotatable bonds is 7. The lowest BCUT2D eigenvalue weighted by molar-refractivity contribution is 0.569. The number of hydrogen-bond acceptors (Lipinski definition) is 1. The molecule has 1 atom stereocenters. The average Bonchev–Trinajstić information content (AvgIpc) is 2.80. The molecular formula is C32H55N. The lowest BCUT2D eigenvalue weighted by atomic mass is 9.90. The Morgan fingerprint density at radius 3 is 1.88 bits per heavy atom. The van der Waals surface area contributed by atoms with Crippen molar-refractivity contribution in [2.45, 2.75) is 100 Å². The molecule has 1 unspecified atom stereocenters. The first-order valence-electron chi connectivity index (χ1n) is 12.6. The number of unbranched alkanes of at least 4 members (excludes halogenated alkanes) is 1. The van der Waals surface area contributed by atoms with Gasteiger partial charge in [-0.25, -0.2) is 0 Å². The highest BCUT2D eigenvalue weighted by Crippen LogP contribution is 2.25. The maximum absolute atomic E-state index is 3.67. The van der Waals surface area contributed by atoms with E-state index in [0.29, 0.717) is 0 Å². The topological polar surface area (TPSA) is 12.0 Å². The Morgan fingerprint density at radius 1 is 1.06 bits per heavy atom. The van der Waals surface area contributed by atoms with Gasteiger partial charge in [0.1, 0.15) is 0 Å². The van der Waals surface area contributed by atoms with E-state index in [-0.39, 0.29) is 0 Å². The summed E-state index contributed by atoms with van der Waals surface area (Å²) in [4.78, 5) is 0. The van der Waals surface area contributed by atoms with Crippen LogP contribution in [0.15, 0.2) is 85.1 Å². The van der Waals surface area contributed by atoms with E-state index >= 15 is 0 Å². The first-order chi connectivity index (χ1) is 15.8. The molecule has 1 aliphatic rings. The Kier molecular flexibility index (Phi) is 27.8. The average molecular weight is 454 g/mol. The zero-order valence-electron chi connectivity index (χ0n) is 23.6. The number of aryl methyl sites for hydroxylation is 1. The predicted molar refractivity (Wildman–Crippen MR) is 156 cm³/mol. The molecule has 0 amide bonds. The predicted octanol–water partition coefficient (Wildman–Crippen LogP) is 10.5. The quantitative estimate of drug-likeness (QED) is 0.405. The first kappa shape index (κ1) is 35.3. The van der Waals surface area contributed by atoms with Gasteiger partial charge in [0.15, 0.2) is 0 Å². The van der Waals surface area contributed by atoms with Crippen molar-refractivity contribution in [1.82, 2.24) is 5.32 Å². The van der Waals surface area contributed by atoms with Crippen LogP contribution in [0.1, 0.15) is 105 Å². The fourth-order valence-electron chi connectivity index (χ4n) is 2.62. The molecule has 1 aromatic rings. The van der Waals surface area contributed by atoms with Gasteiger partial charge >= 0.3 is 0 Å². The van der Waals surface area contributed by atoms with Gasteiger partial charge in [-0.2, -0.15) is 0 Å². The van der Waals surface area contributed by atoms with Gasteiger partial charge in [0.2, 0.25) is 0 Å². The minimum absolute atomic E-state index is 0.773. The van der Waals surface area contributed by atoms with Crippen molar-refractivity contribution in [3.8, 4) is 0 Å². The molecule has 188 valence electrons. The summed E-state index contributed by atoms with van der Waals surface area (Å²) < 4.78 is 0. The van der Waals surface area contributed by atoms with Crippen molar-refractivity contribution in [2.24, 2.45) is 0 Å². The molecule has 1 aliphatic heterocycles. The van der Waals surface area contributed by atoms with Gasteiger partial charge in [-0.3, -0.25) is 0 Å². The van der Waals surface area contributed by atoms with Crippen molar-refractivity contribution in [3.63, 3.8) is 0 Å². The fraction of sp³-hybridized carbons (Fsp3) is 0.500. The van der Waals surface area contributed by atoms with E-state index < -0.39 is 0 Å². The van der Waals surface area contributed by atoms with Crippen LogP contribution >= 0.6 is 0 Å². The van der Waals surface area contributed by atoms with Crippen LogP contribution in [0, 0.1) is 6.92 Å². The molecule has 0 aromatic heterocycles. The Hall–Kier alpha value is -2.28. The number of allylic oxidation sites excluding steroid dienone is 4. The summed E-state index contributed by atoms with van der Waals surface area (Å²) in [6, 6.07) is 8.97. The van der Waals surface area contributed by atoms with Crippen molar-refractivity contribution >= 4 is 0 Å². The molecule has 0 radical (unpaired) electrons. The van der Waals surface area contributed by atoms with E-state index in [1.807, 2.05) is 32.9 Å². The van der Waals surface area contributed by atoms with E-state index in [0.717, 1.165) is 18.9 Å². The number of nitrogens with one attached hydrogen (secondary N) is 1. The molecule has 2 rings (SSSR count). The van der Waals surface area contributed by atoms with Gasteiger partial charge in [-0.15, -0.1) is 19.7 Å². The van der Waals surface area contributed by atoms with E-state index in [9.17, 15) is 0 Å². The molecular weight excluding hydrogens is 398 g/mol. The van der Waals surface area contributed by atoms with Gasteiger partial charge < -0.3 is 5.32 Å². The van der Waals surface area contributed by atoms with Gasteiger partial charge in [0.25, 0.3) is 0 Å². The molecule has 0 fully saturated rings. The zero-order chi connectivity index (χ0) is 26.1. The molecule has 1 nitrogen and oxygen atoms in total. The smallest absolute Gasteiger partial charge is 0.0412 e. The molecule has 33 heavy (non-hydrogen) atoms. The SMILES string of the molecule is C/C=C(\C)C1=CNC1.C/C=C\C.C=C.C=C(C)CC.CCCCC(CC)c1cccc(C)c1. The lowest BCUT2D eigenvalue weighted by Crippen LogP contribution is -2.22. The molecule has 0 aliphatic carbocycles. The highest BCUT2D eigenvalue weighted by Gasteiger charge is 2.08. The molecule has 0 saturated heterocycles. The summed E-state index contributed by atoms with van der Waals surface area (Å²) in [5, 5.41) is 3.07. The van der Waals surface area contributed by atoms with Crippen LogP contribution in [-0.2, 0) is 0 Å². The van der Waals surface area contributed by atoms with Crippen molar-refractivity contribution in [1.29, 1.82) is 0 Å². The standard InChI is InChI=1S/C14H22.C7H11N.C5H10.C4H8.C2H4/c1-4-6-9-13(5-2)14-10-7-8-12(3)11-14;1-3-6(2)7-4-8-5-7;1-4-5(2)3;1-3-4-2;1-2/h7-8,10-11,13H,4-6,9H2,1-3H3;3-4,8H,5H2,1-2H3;2,4H2,1,3H3;3-4H,1-2H3;1-2H2/b;6-3+;;4-3-;. The number of benzene rings is 1. The van der Waals surface area contributed by atoms with Crippen LogP contribution in [0.4, 0.5) is 0 Å². The van der Waals surface area contributed by atoms with Gasteiger partial charge in [-0.05, 0) is 83.4 Å². The van der Waals surface area contributed by atoms with Crippen molar-refractivity contribution < 1.29 is 0 Å². The van der Waals surface area contributed by atoms with Crippen LogP contribution in [0.5, 0.6) is 0 Å².